The number of aromatic nitrogens is 2. The Morgan fingerprint density at radius 3 is 2.51 bits per heavy atom. The summed E-state index contributed by atoms with van der Waals surface area (Å²) >= 11 is 0. The highest BCUT2D eigenvalue weighted by Crippen LogP contribution is 2.41. The number of nitrogens with two attached hydrogens (primary N) is 1. The number of rotatable bonds is 4. The van der Waals surface area contributed by atoms with E-state index in [4.69, 9.17) is 14.6 Å². The SMILES string of the molecule is COC1CN([C@@H]2COc3c([S@@](N)(=O)=NC(=O)Nc4c5c(c(F)c6c4CCC6)CCC5)cnn3C2)C1. The zero-order valence-electron chi connectivity index (χ0n) is 19.6. The molecule has 2 amide bonds. The van der Waals surface area contributed by atoms with Gasteiger partial charge < -0.3 is 14.8 Å². The minimum atomic E-state index is -3.61. The van der Waals surface area contributed by atoms with E-state index in [1.165, 1.54) is 6.20 Å². The van der Waals surface area contributed by atoms with E-state index in [1.54, 1.807) is 11.8 Å². The van der Waals surface area contributed by atoms with E-state index in [1.807, 2.05) is 0 Å². The van der Waals surface area contributed by atoms with Crippen LogP contribution in [0.5, 0.6) is 5.88 Å². The molecule has 2 aromatic rings. The molecule has 1 fully saturated rings. The lowest BCUT2D eigenvalue weighted by Gasteiger charge is -2.44. The lowest BCUT2D eigenvalue weighted by Crippen LogP contribution is -2.59. The second kappa shape index (κ2) is 8.54. The van der Waals surface area contributed by atoms with Crippen LogP contribution in [0.15, 0.2) is 15.5 Å². The van der Waals surface area contributed by atoms with Crippen molar-refractivity contribution in [3.05, 3.63) is 34.3 Å². The number of fused-ring (bicyclic) bond motifs is 3. The van der Waals surface area contributed by atoms with E-state index in [2.05, 4.69) is 19.7 Å². The number of ether oxygens (including phenoxy) is 2. The van der Waals surface area contributed by atoms with Crippen LogP contribution < -0.4 is 15.2 Å². The Labute approximate surface area is 203 Å². The van der Waals surface area contributed by atoms with E-state index >= 15 is 0 Å². The van der Waals surface area contributed by atoms with Gasteiger partial charge in [0.25, 0.3) is 0 Å². The molecular formula is C23H29FN6O4S. The number of urea groups is 1. The molecule has 1 saturated heterocycles. The molecule has 2 aliphatic heterocycles. The molecule has 6 rings (SSSR count). The summed E-state index contributed by atoms with van der Waals surface area (Å²) in [5, 5.41) is 13.1. The molecular weight excluding hydrogens is 475 g/mol. The van der Waals surface area contributed by atoms with Crippen LogP contribution in [0.1, 0.15) is 35.1 Å². The number of nitrogens with one attached hydrogen (secondary N) is 1. The minimum absolute atomic E-state index is 0.0963. The lowest BCUT2D eigenvalue weighted by molar-refractivity contribution is -0.0687. The highest BCUT2D eigenvalue weighted by Gasteiger charge is 2.37. The van der Waals surface area contributed by atoms with Gasteiger partial charge in [0.15, 0.2) is 9.92 Å². The van der Waals surface area contributed by atoms with Crippen LogP contribution in [0.3, 0.4) is 0 Å². The van der Waals surface area contributed by atoms with Gasteiger partial charge in [0.05, 0.1) is 24.9 Å². The molecule has 35 heavy (non-hydrogen) atoms. The van der Waals surface area contributed by atoms with Crippen LogP contribution in [0.2, 0.25) is 0 Å². The average molecular weight is 505 g/mol. The number of hydrogen-bond donors (Lipinski definition) is 2. The third-order valence-electron chi connectivity index (χ3n) is 7.62. The summed E-state index contributed by atoms with van der Waals surface area (Å²) in [4.78, 5) is 15.2. The van der Waals surface area contributed by atoms with E-state index in [0.29, 0.717) is 55.6 Å². The molecule has 12 heteroatoms. The third kappa shape index (κ3) is 3.83. The fraction of sp³-hybridized carbons (Fsp3) is 0.565. The molecule has 1 aromatic heterocycles. The lowest BCUT2D eigenvalue weighted by atomic mass is 9.98. The predicted octanol–water partition coefficient (Wildman–Crippen LogP) is 2.02. The standard InChI is InChI=1S/C23H29FN6O4S/c1-33-14-10-29(11-14)13-9-30-22(34-12-13)19(8-26-30)35(25,32)28-23(31)27-21-17-6-2-4-15(17)20(24)16-5-3-7-18(16)21/h8,13-14H,2-7,9-12H2,1H3,(H3,25,27,28,31,32)/t13-,35-/m0/s1. The highest BCUT2D eigenvalue weighted by atomic mass is 32.2. The quantitative estimate of drug-likeness (QED) is 0.657. The van der Waals surface area contributed by atoms with Gasteiger partial charge in [-0.25, -0.2) is 23.2 Å². The maximum absolute atomic E-state index is 14.9. The summed E-state index contributed by atoms with van der Waals surface area (Å²) in [6, 6.07) is -0.689. The maximum atomic E-state index is 14.9. The number of likely N-dealkylation sites (tertiary alicyclic amines) is 1. The number of carbonyl (C=O) groups excluding carboxylic acids is 1. The third-order valence-corrected chi connectivity index (χ3v) is 8.96. The summed E-state index contributed by atoms with van der Waals surface area (Å²) in [5.41, 5.74) is 3.64. The Kier molecular flexibility index (Phi) is 5.59. The van der Waals surface area contributed by atoms with Gasteiger partial charge in [-0.05, 0) is 60.8 Å². The first kappa shape index (κ1) is 22.9. The Morgan fingerprint density at radius 1 is 1.20 bits per heavy atom. The van der Waals surface area contributed by atoms with Crippen molar-refractivity contribution in [2.24, 2.45) is 9.50 Å². The van der Waals surface area contributed by atoms with E-state index in [9.17, 15) is 13.4 Å². The fourth-order valence-electron chi connectivity index (χ4n) is 5.74. The first-order chi connectivity index (χ1) is 16.9. The number of benzene rings is 1. The van der Waals surface area contributed by atoms with Gasteiger partial charge in [0, 0.05) is 25.9 Å². The fourth-order valence-corrected chi connectivity index (χ4v) is 6.74. The molecule has 1 aromatic carbocycles. The number of nitrogens with zero attached hydrogens (tertiary/aromatic N) is 4. The van der Waals surface area contributed by atoms with Crippen molar-refractivity contribution in [1.29, 1.82) is 0 Å². The number of methoxy groups -OCH3 is 1. The summed E-state index contributed by atoms with van der Waals surface area (Å²) < 4.78 is 44.9. The number of halogens is 1. The van der Waals surface area contributed by atoms with Gasteiger partial charge in [-0.1, -0.05) is 0 Å². The van der Waals surface area contributed by atoms with Crippen LogP contribution in [-0.4, -0.2) is 63.9 Å². The van der Waals surface area contributed by atoms with Crippen LogP contribution in [0.25, 0.3) is 0 Å². The van der Waals surface area contributed by atoms with Crippen LogP contribution in [0, 0.1) is 5.82 Å². The smallest absolute Gasteiger partial charge is 0.354 e. The Morgan fingerprint density at radius 2 is 1.86 bits per heavy atom. The zero-order valence-corrected chi connectivity index (χ0v) is 20.4. The Balaban J connectivity index is 1.24. The van der Waals surface area contributed by atoms with Gasteiger partial charge in [-0.2, -0.15) is 5.10 Å². The van der Waals surface area contributed by atoms with Gasteiger partial charge >= 0.3 is 6.03 Å². The predicted molar refractivity (Wildman–Crippen MR) is 126 cm³/mol. The number of amides is 2. The van der Waals surface area contributed by atoms with E-state index < -0.39 is 15.9 Å². The first-order valence-electron chi connectivity index (χ1n) is 12.0. The minimum Gasteiger partial charge on any atom is -0.475 e. The van der Waals surface area contributed by atoms with Crippen molar-refractivity contribution in [2.75, 3.05) is 32.1 Å². The first-order valence-corrected chi connectivity index (χ1v) is 13.6. The van der Waals surface area contributed by atoms with Crippen molar-refractivity contribution in [2.45, 2.75) is 62.1 Å². The molecule has 0 unspecified atom stereocenters. The summed E-state index contributed by atoms with van der Waals surface area (Å²) in [5.74, 6) is 0.151. The molecule has 188 valence electrons. The van der Waals surface area contributed by atoms with E-state index in [-0.39, 0.29) is 28.7 Å². The molecule has 0 saturated carbocycles. The molecule has 0 bridgehead atoms. The Bertz CT molecular complexity index is 1290. The summed E-state index contributed by atoms with van der Waals surface area (Å²) in [6.07, 6.45) is 5.98. The molecule has 10 nitrogen and oxygen atoms in total. The number of hydrogen-bond acceptors (Lipinski definition) is 6. The summed E-state index contributed by atoms with van der Waals surface area (Å²) in [6.45, 7) is 2.61. The molecule has 0 spiro atoms. The second-order valence-corrected chi connectivity index (χ2v) is 11.4. The van der Waals surface area contributed by atoms with Crippen molar-refractivity contribution in [3.63, 3.8) is 0 Å². The average Bonchev–Trinajstić information content (AvgIpc) is 3.55. The molecule has 2 aliphatic carbocycles. The molecule has 4 aliphatic rings. The van der Waals surface area contributed by atoms with Crippen LogP contribution in [-0.2, 0) is 46.9 Å². The van der Waals surface area contributed by atoms with Crippen LogP contribution >= 0.6 is 0 Å². The Hall–Kier alpha value is -2.54. The topological polar surface area (TPSA) is 124 Å². The van der Waals surface area contributed by atoms with Crippen molar-refractivity contribution in [1.82, 2.24) is 14.7 Å². The van der Waals surface area contributed by atoms with Crippen molar-refractivity contribution >= 4 is 21.6 Å². The van der Waals surface area contributed by atoms with Crippen LogP contribution in [0.4, 0.5) is 14.9 Å². The maximum Gasteiger partial charge on any atom is 0.354 e. The molecule has 3 N–H and O–H groups in total. The monoisotopic (exact) mass is 504 g/mol. The molecule has 3 heterocycles. The normalized spacial score (nSPS) is 23.0. The molecule has 0 radical (unpaired) electrons. The van der Waals surface area contributed by atoms with Gasteiger partial charge in [0.2, 0.25) is 5.88 Å². The van der Waals surface area contributed by atoms with Crippen molar-refractivity contribution in [3.8, 4) is 5.88 Å². The van der Waals surface area contributed by atoms with Crippen molar-refractivity contribution < 1.29 is 22.9 Å². The highest BCUT2D eigenvalue weighted by molar-refractivity contribution is 7.91. The van der Waals surface area contributed by atoms with E-state index in [0.717, 1.165) is 37.1 Å². The van der Waals surface area contributed by atoms with Gasteiger partial charge in [-0.15, -0.1) is 4.36 Å². The zero-order chi connectivity index (χ0) is 24.3. The second-order valence-electron chi connectivity index (χ2n) is 9.67. The molecule has 2 atom stereocenters. The number of carbonyl (C=O) groups is 1. The number of anilines is 1. The largest absolute Gasteiger partial charge is 0.475 e. The van der Waals surface area contributed by atoms with Gasteiger partial charge in [0.1, 0.15) is 17.3 Å². The van der Waals surface area contributed by atoms with Gasteiger partial charge in [-0.3, -0.25) is 4.90 Å². The summed E-state index contributed by atoms with van der Waals surface area (Å²) in [7, 11) is -1.91.